The van der Waals surface area contributed by atoms with Gasteiger partial charge in [0.2, 0.25) is 0 Å². The number of nitrogens with zero attached hydrogens (tertiary/aromatic N) is 1. The van der Waals surface area contributed by atoms with E-state index in [1.54, 1.807) is 0 Å². The van der Waals surface area contributed by atoms with Gasteiger partial charge in [-0.1, -0.05) is 79.7 Å². The van der Waals surface area contributed by atoms with Gasteiger partial charge in [-0.2, -0.15) is 0 Å². The Balaban J connectivity index is 1.55. The number of hydrogen-bond donors (Lipinski definition) is 0. The highest BCUT2D eigenvalue weighted by atomic mass is 16.6. The van der Waals surface area contributed by atoms with Crippen molar-refractivity contribution in [3.05, 3.63) is 83.9 Å². The van der Waals surface area contributed by atoms with Crippen molar-refractivity contribution >= 4 is 6.09 Å². The van der Waals surface area contributed by atoms with Crippen molar-refractivity contribution in [2.45, 2.75) is 38.7 Å². The van der Waals surface area contributed by atoms with E-state index in [1.165, 1.54) is 5.56 Å². The molecule has 1 atom stereocenters. The maximum absolute atomic E-state index is 12.4. The van der Waals surface area contributed by atoms with Crippen molar-refractivity contribution in [3.63, 3.8) is 0 Å². The summed E-state index contributed by atoms with van der Waals surface area (Å²) in [6, 6.07) is 20.5. The summed E-state index contributed by atoms with van der Waals surface area (Å²) in [4.78, 5) is 14.2. The molecule has 1 heterocycles. The molecule has 0 radical (unpaired) electrons. The number of benzene rings is 2. The minimum absolute atomic E-state index is 0.197. The summed E-state index contributed by atoms with van der Waals surface area (Å²) < 4.78 is 5.49. The maximum Gasteiger partial charge on any atom is 0.410 e. The van der Waals surface area contributed by atoms with Crippen molar-refractivity contribution in [1.82, 2.24) is 4.90 Å². The van der Waals surface area contributed by atoms with Gasteiger partial charge in [0.1, 0.15) is 6.61 Å². The zero-order valence-corrected chi connectivity index (χ0v) is 16.1. The largest absolute Gasteiger partial charge is 0.445 e. The lowest BCUT2D eigenvalue weighted by atomic mass is 9.80. The second-order valence-corrected chi connectivity index (χ2v) is 7.14. The van der Waals surface area contributed by atoms with Crippen LogP contribution >= 0.6 is 0 Å². The molecule has 3 nitrogen and oxygen atoms in total. The first-order valence-corrected chi connectivity index (χ1v) is 9.95. The molecule has 1 aliphatic heterocycles. The van der Waals surface area contributed by atoms with E-state index in [-0.39, 0.29) is 6.09 Å². The van der Waals surface area contributed by atoms with Gasteiger partial charge in [0.05, 0.1) is 0 Å². The molecule has 3 heteroatoms. The molecule has 27 heavy (non-hydrogen) atoms. The van der Waals surface area contributed by atoms with E-state index in [0.717, 1.165) is 37.9 Å². The fourth-order valence-corrected chi connectivity index (χ4v) is 3.75. The number of hydrogen-bond acceptors (Lipinski definition) is 2. The Morgan fingerprint density at radius 3 is 2.33 bits per heavy atom. The lowest BCUT2D eigenvalue weighted by Crippen LogP contribution is -2.39. The third-order valence-corrected chi connectivity index (χ3v) is 5.27. The average molecular weight is 364 g/mol. The third-order valence-electron chi connectivity index (χ3n) is 5.27. The molecule has 0 bridgehead atoms. The molecule has 2 aromatic rings. The van der Waals surface area contributed by atoms with E-state index in [4.69, 9.17) is 4.74 Å². The van der Waals surface area contributed by atoms with Gasteiger partial charge < -0.3 is 9.64 Å². The fourth-order valence-electron chi connectivity index (χ4n) is 3.75. The quantitative estimate of drug-likeness (QED) is 0.608. The number of carbonyl (C=O) groups excluding carboxylic acids is 1. The van der Waals surface area contributed by atoms with Crippen LogP contribution in [-0.2, 0) is 11.3 Å². The molecule has 0 aromatic heterocycles. The van der Waals surface area contributed by atoms with Gasteiger partial charge in [0.25, 0.3) is 0 Å². The second kappa shape index (κ2) is 9.96. The first-order chi connectivity index (χ1) is 13.3. The van der Waals surface area contributed by atoms with Crippen LogP contribution in [0.5, 0.6) is 0 Å². The van der Waals surface area contributed by atoms with Crippen LogP contribution in [0, 0.1) is 5.92 Å². The van der Waals surface area contributed by atoms with Crippen molar-refractivity contribution in [2.24, 2.45) is 5.92 Å². The zero-order chi connectivity index (χ0) is 18.9. The molecule has 1 saturated heterocycles. The first kappa shape index (κ1) is 19.2. The number of carbonyl (C=O) groups is 1. The molecule has 1 fully saturated rings. The first-order valence-electron chi connectivity index (χ1n) is 9.95. The molecule has 142 valence electrons. The third kappa shape index (κ3) is 5.46. The predicted octanol–water partition coefficient (Wildman–Crippen LogP) is 5.79. The lowest BCUT2D eigenvalue weighted by molar-refractivity contribution is 0.0810. The highest BCUT2D eigenvalue weighted by Gasteiger charge is 2.28. The Morgan fingerprint density at radius 1 is 1.07 bits per heavy atom. The number of ether oxygens (including phenoxy) is 1. The topological polar surface area (TPSA) is 29.5 Å². The minimum atomic E-state index is -0.197. The molecule has 0 saturated carbocycles. The van der Waals surface area contributed by atoms with Crippen LogP contribution in [0.15, 0.2) is 72.8 Å². The summed E-state index contributed by atoms with van der Waals surface area (Å²) in [5, 5.41) is 0. The smallest absolute Gasteiger partial charge is 0.410 e. The van der Waals surface area contributed by atoms with Crippen molar-refractivity contribution in [1.29, 1.82) is 0 Å². The summed E-state index contributed by atoms with van der Waals surface area (Å²) in [6.45, 7) is 4.04. The number of likely N-dealkylation sites (tertiary alicyclic amines) is 1. The van der Waals surface area contributed by atoms with Gasteiger partial charge in [0.15, 0.2) is 0 Å². The summed E-state index contributed by atoms with van der Waals surface area (Å²) in [7, 11) is 0. The Hall–Kier alpha value is -2.55. The monoisotopic (exact) mass is 363 g/mol. The molecule has 0 N–H and O–H groups in total. The summed E-state index contributed by atoms with van der Waals surface area (Å²) in [5.41, 5.74) is 2.39. The summed E-state index contributed by atoms with van der Waals surface area (Å²) in [5.74, 6) is 0.988. The SMILES string of the molecule is CC/C=C\C(c1ccccc1)C1CCN(C(=O)OCc2ccccc2)CC1. The Bertz CT molecular complexity index is 719. The Morgan fingerprint density at radius 2 is 1.70 bits per heavy atom. The van der Waals surface area contributed by atoms with Crippen LogP contribution in [0.1, 0.15) is 43.2 Å². The Labute approximate surface area is 162 Å². The normalized spacial score (nSPS) is 16.4. The van der Waals surface area contributed by atoms with Gasteiger partial charge in [-0.3, -0.25) is 0 Å². The molecule has 2 aromatic carbocycles. The number of rotatable bonds is 6. The molecule has 1 unspecified atom stereocenters. The van der Waals surface area contributed by atoms with E-state index in [2.05, 4.69) is 49.4 Å². The van der Waals surface area contributed by atoms with Crippen molar-refractivity contribution in [2.75, 3.05) is 13.1 Å². The van der Waals surface area contributed by atoms with Gasteiger partial charge in [0, 0.05) is 19.0 Å². The van der Waals surface area contributed by atoms with E-state index in [1.807, 2.05) is 35.2 Å². The van der Waals surface area contributed by atoms with E-state index >= 15 is 0 Å². The van der Waals surface area contributed by atoms with Crippen LogP contribution in [0.2, 0.25) is 0 Å². The summed E-state index contributed by atoms with van der Waals surface area (Å²) >= 11 is 0. The van der Waals surface area contributed by atoms with Gasteiger partial charge in [-0.15, -0.1) is 0 Å². The van der Waals surface area contributed by atoms with Gasteiger partial charge in [-0.05, 0) is 36.3 Å². The molecule has 3 rings (SSSR count). The summed E-state index contributed by atoms with van der Waals surface area (Å²) in [6.07, 6.45) is 7.48. The van der Waals surface area contributed by atoms with E-state index in [0.29, 0.717) is 18.4 Å². The minimum Gasteiger partial charge on any atom is -0.445 e. The number of amides is 1. The number of piperidine rings is 1. The van der Waals surface area contributed by atoms with Crippen LogP contribution < -0.4 is 0 Å². The average Bonchev–Trinajstić information content (AvgIpc) is 2.74. The van der Waals surface area contributed by atoms with Crippen LogP contribution in [-0.4, -0.2) is 24.1 Å². The van der Waals surface area contributed by atoms with E-state index < -0.39 is 0 Å². The standard InChI is InChI=1S/C24H29NO2/c1-2-3-14-23(21-12-8-5-9-13-21)22-15-17-25(18-16-22)24(26)27-19-20-10-6-4-7-11-20/h3-14,22-23H,2,15-19H2,1H3/b14-3-. The highest BCUT2D eigenvalue weighted by molar-refractivity contribution is 5.67. The molecule has 0 aliphatic carbocycles. The van der Waals surface area contributed by atoms with Gasteiger partial charge in [-0.25, -0.2) is 4.79 Å². The molecular formula is C24H29NO2. The van der Waals surface area contributed by atoms with Gasteiger partial charge >= 0.3 is 6.09 Å². The fraction of sp³-hybridized carbons (Fsp3) is 0.375. The molecule has 1 amide bonds. The molecular weight excluding hydrogens is 334 g/mol. The molecule has 1 aliphatic rings. The van der Waals surface area contributed by atoms with Crippen LogP contribution in [0.4, 0.5) is 4.79 Å². The number of allylic oxidation sites excluding steroid dienone is 2. The maximum atomic E-state index is 12.4. The van der Waals surface area contributed by atoms with Crippen molar-refractivity contribution in [3.8, 4) is 0 Å². The highest BCUT2D eigenvalue weighted by Crippen LogP contribution is 2.34. The predicted molar refractivity (Wildman–Crippen MR) is 110 cm³/mol. The molecule has 0 spiro atoms. The second-order valence-electron chi connectivity index (χ2n) is 7.14. The van der Waals surface area contributed by atoms with E-state index in [9.17, 15) is 4.79 Å². The van der Waals surface area contributed by atoms with Crippen LogP contribution in [0.3, 0.4) is 0 Å². The lowest BCUT2D eigenvalue weighted by Gasteiger charge is -2.35. The Kier molecular flexibility index (Phi) is 7.09. The van der Waals surface area contributed by atoms with Crippen molar-refractivity contribution < 1.29 is 9.53 Å². The van der Waals surface area contributed by atoms with Crippen LogP contribution in [0.25, 0.3) is 0 Å². The zero-order valence-electron chi connectivity index (χ0n) is 16.1.